The number of aldehydes is 1. The Morgan fingerprint density at radius 2 is 1.70 bits per heavy atom. The van der Waals surface area contributed by atoms with Gasteiger partial charge in [-0.1, -0.05) is 78.3 Å². The van der Waals surface area contributed by atoms with Crippen molar-refractivity contribution >= 4 is 29.6 Å². The van der Waals surface area contributed by atoms with Crippen LogP contribution in [0, 0.1) is 18.8 Å². The fourth-order valence-corrected chi connectivity index (χ4v) is 5.53. The van der Waals surface area contributed by atoms with Crippen molar-refractivity contribution in [2.75, 3.05) is 46.6 Å². The van der Waals surface area contributed by atoms with Gasteiger partial charge in [-0.15, -0.1) is 11.3 Å². The lowest BCUT2D eigenvalue weighted by Crippen LogP contribution is -2.38. The van der Waals surface area contributed by atoms with Crippen LogP contribution in [-0.2, 0) is 25.4 Å². The van der Waals surface area contributed by atoms with E-state index in [2.05, 4.69) is 85.1 Å². The molecule has 3 unspecified atom stereocenters. The van der Waals surface area contributed by atoms with Gasteiger partial charge in [0.1, 0.15) is 29.7 Å². The normalized spacial score (nSPS) is 13.1. The van der Waals surface area contributed by atoms with Gasteiger partial charge < -0.3 is 35.4 Å². The minimum Gasteiger partial charge on any atom is -0.446 e. The van der Waals surface area contributed by atoms with Gasteiger partial charge in [0.2, 0.25) is 0 Å². The molecule has 0 aliphatic carbocycles. The molecule has 2 aromatic rings. The second-order valence-electron chi connectivity index (χ2n) is 12.1. The Bertz CT molecular complexity index is 1150. The number of thiazole rings is 1. The number of nitrogens with two attached hydrogens (primary N) is 1. The summed E-state index contributed by atoms with van der Waals surface area (Å²) in [6.45, 7) is 19.8. The minimum atomic E-state index is -0.520. The summed E-state index contributed by atoms with van der Waals surface area (Å²) in [5.74, 6) is 0.128. The molecule has 0 aliphatic rings. The zero-order valence-electron chi connectivity index (χ0n) is 32.0. The van der Waals surface area contributed by atoms with Crippen molar-refractivity contribution < 1.29 is 28.6 Å². The maximum Gasteiger partial charge on any atom is 0.421 e. The Balaban J connectivity index is 0.00000145. The molecule has 13 heteroatoms. The van der Waals surface area contributed by atoms with Crippen LogP contribution in [0.2, 0.25) is 0 Å². The van der Waals surface area contributed by atoms with E-state index < -0.39 is 6.09 Å². The second-order valence-corrected chi connectivity index (χ2v) is 13.0. The third-order valence-corrected chi connectivity index (χ3v) is 8.20. The van der Waals surface area contributed by atoms with Gasteiger partial charge in [0.15, 0.2) is 0 Å². The number of aromatic nitrogens is 1. The van der Waals surface area contributed by atoms with Crippen LogP contribution in [0.3, 0.4) is 0 Å². The highest BCUT2D eigenvalue weighted by Gasteiger charge is 2.25. The Labute approximate surface area is 305 Å². The summed E-state index contributed by atoms with van der Waals surface area (Å²) in [5, 5.41) is 9.44. The van der Waals surface area contributed by atoms with E-state index in [1.54, 1.807) is 7.05 Å². The highest BCUT2D eigenvalue weighted by molar-refractivity contribution is 7.09. The number of ether oxygens (including phenoxy) is 3. The zero-order valence-corrected chi connectivity index (χ0v) is 32.8. The summed E-state index contributed by atoms with van der Waals surface area (Å²) in [6.07, 6.45) is 4.36. The maximum absolute atomic E-state index is 13.2. The number of carbonyl (C=O) groups excluding carboxylic acids is 3. The first kappa shape index (κ1) is 47.1. The van der Waals surface area contributed by atoms with Gasteiger partial charge in [0.05, 0.1) is 13.2 Å². The first-order chi connectivity index (χ1) is 24.1. The Hall–Kier alpha value is -2.94. The standard InChI is InChI=1S/C29H45N3O3S.C6H15N3O3.C2H6/c1-7-13-30-25(20(3)4)17-27(35-14-8-2)29-32-26(19-36-29)28(34)31-24(15-22(6)18-33)16-23-11-9-21(5)10-12-23;1-8-9-6(10)12-5-4-11-3-2-7;1-2/h9-12,18-20,22,24-25,27,30H,7-8,13-17H2,1-6H3,(H,31,34);8H,2-5,7H2,1H3,(H,9,10);1-2H3/t22-,24?,25?,27?;;/m0../s1. The molecule has 0 saturated heterocycles. The van der Waals surface area contributed by atoms with Crippen molar-refractivity contribution in [2.24, 2.45) is 17.6 Å². The molecule has 4 atom stereocenters. The van der Waals surface area contributed by atoms with E-state index >= 15 is 0 Å². The molecular formula is C37H66N6O6S. The lowest BCUT2D eigenvalue weighted by atomic mass is 9.96. The van der Waals surface area contributed by atoms with Crippen molar-refractivity contribution in [2.45, 2.75) is 106 Å². The van der Waals surface area contributed by atoms with Crippen LogP contribution >= 0.6 is 11.3 Å². The van der Waals surface area contributed by atoms with Gasteiger partial charge in [-0.05, 0) is 57.1 Å². The third-order valence-electron chi connectivity index (χ3n) is 7.26. The van der Waals surface area contributed by atoms with Crippen LogP contribution in [0.1, 0.15) is 107 Å². The Kier molecular flexibility index (Phi) is 28.0. The molecule has 1 heterocycles. The van der Waals surface area contributed by atoms with Gasteiger partial charge in [0, 0.05) is 43.6 Å². The van der Waals surface area contributed by atoms with Crippen molar-refractivity contribution in [1.82, 2.24) is 26.5 Å². The third kappa shape index (κ3) is 21.3. The second kappa shape index (κ2) is 29.8. The van der Waals surface area contributed by atoms with Crippen LogP contribution in [0.25, 0.3) is 0 Å². The molecule has 50 heavy (non-hydrogen) atoms. The Morgan fingerprint density at radius 3 is 2.28 bits per heavy atom. The van der Waals surface area contributed by atoms with E-state index in [0.29, 0.717) is 56.9 Å². The van der Waals surface area contributed by atoms with Crippen molar-refractivity contribution in [3.8, 4) is 0 Å². The van der Waals surface area contributed by atoms with E-state index in [0.717, 1.165) is 42.7 Å². The first-order valence-electron chi connectivity index (χ1n) is 18.1. The van der Waals surface area contributed by atoms with Crippen LogP contribution in [-0.4, -0.2) is 81.9 Å². The molecule has 12 nitrogen and oxygen atoms in total. The lowest BCUT2D eigenvalue weighted by Gasteiger charge is -2.26. The van der Waals surface area contributed by atoms with Gasteiger partial charge in [-0.2, -0.15) is 0 Å². The summed E-state index contributed by atoms with van der Waals surface area (Å²) in [5.41, 5.74) is 12.6. The average molecular weight is 723 g/mol. The van der Waals surface area contributed by atoms with E-state index in [1.165, 1.54) is 16.9 Å². The quantitative estimate of drug-likeness (QED) is 0.0542. The molecule has 0 spiro atoms. The fraction of sp³-hybridized carbons (Fsp3) is 0.676. The number of aryl methyl sites for hydroxylation is 1. The minimum absolute atomic E-state index is 0.137. The van der Waals surface area contributed by atoms with Crippen molar-refractivity contribution in [3.63, 3.8) is 0 Å². The number of nitrogens with zero attached hydrogens (tertiary/aromatic N) is 1. The zero-order chi connectivity index (χ0) is 37.7. The lowest BCUT2D eigenvalue weighted by molar-refractivity contribution is -0.111. The topological polar surface area (TPSA) is 166 Å². The predicted molar refractivity (Wildman–Crippen MR) is 203 cm³/mol. The van der Waals surface area contributed by atoms with Crippen LogP contribution in [0.5, 0.6) is 0 Å². The smallest absolute Gasteiger partial charge is 0.421 e. The summed E-state index contributed by atoms with van der Waals surface area (Å²) < 4.78 is 15.8. The largest absolute Gasteiger partial charge is 0.446 e. The monoisotopic (exact) mass is 722 g/mol. The molecule has 286 valence electrons. The van der Waals surface area contributed by atoms with Crippen molar-refractivity contribution in [1.29, 1.82) is 0 Å². The molecule has 0 fully saturated rings. The molecule has 2 rings (SSSR count). The maximum atomic E-state index is 13.2. The molecule has 0 bridgehead atoms. The summed E-state index contributed by atoms with van der Waals surface area (Å²) in [6, 6.07) is 8.46. The van der Waals surface area contributed by atoms with Gasteiger partial charge in [0.25, 0.3) is 5.91 Å². The average Bonchev–Trinajstić information content (AvgIpc) is 3.60. The Morgan fingerprint density at radius 1 is 1.00 bits per heavy atom. The number of hydrogen-bond donors (Lipinski definition) is 5. The molecule has 2 amide bonds. The van der Waals surface area contributed by atoms with Crippen LogP contribution in [0.15, 0.2) is 29.6 Å². The molecule has 0 aliphatic heterocycles. The summed E-state index contributed by atoms with van der Waals surface area (Å²) >= 11 is 1.48. The number of rotatable bonds is 23. The van der Waals surface area contributed by atoms with Crippen LogP contribution in [0.4, 0.5) is 4.79 Å². The SMILES string of the molecule is CC.CCCNC(CC(OCCC)c1nc(C(=O)NC(Cc2ccc(C)cc2)C[C@H](C)C=O)cs1)C(C)C.CNNC(=O)OCCOCCN. The molecular weight excluding hydrogens is 657 g/mol. The van der Waals surface area contributed by atoms with E-state index in [9.17, 15) is 14.4 Å². The molecule has 1 aromatic carbocycles. The van der Waals surface area contributed by atoms with Crippen molar-refractivity contribution in [3.05, 3.63) is 51.5 Å². The molecule has 0 saturated carbocycles. The van der Waals surface area contributed by atoms with E-state index in [-0.39, 0.29) is 30.6 Å². The van der Waals surface area contributed by atoms with E-state index in [1.807, 2.05) is 26.2 Å². The number of hydrazine groups is 1. The highest BCUT2D eigenvalue weighted by Crippen LogP contribution is 2.28. The van der Waals surface area contributed by atoms with Gasteiger partial charge in [-0.3, -0.25) is 10.2 Å². The van der Waals surface area contributed by atoms with Gasteiger partial charge >= 0.3 is 6.09 Å². The number of carbonyl (C=O) groups is 3. The number of benzene rings is 1. The molecule has 0 radical (unpaired) electrons. The number of amides is 2. The summed E-state index contributed by atoms with van der Waals surface area (Å²) in [7, 11) is 1.58. The number of nitrogens with one attached hydrogen (secondary N) is 4. The summed E-state index contributed by atoms with van der Waals surface area (Å²) in [4.78, 5) is 39.8. The molecule has 6 N–H and O–H groups in total. The first-order valence-corrected chi connectivity index (χ1v) is 19.0. The number of hydrogen-bond acceptors (Lipinski definition) is 11. The van der Waals surface area contributed by atoms with E-state index in [4.69, 9.17) is 20.2 Å². The predicted octanol–water partition coefficient (Wildman–Crippen LogP) is 5.75. The van der Waals surface area contributed by atoms with Gasteiger partial charge in [-0.25, -0.2) is 15.2 Å². The highest BCUT2D eigenvalue weighted by atomic mass is 32.1. The fourth-order valence-electron chi connectivity index (χ4n) is 4.67. The van der Waals surface area contributed by atoms with Crippen LogP contribution < -0.4 is 27.2 Å². The molecule has 1 aromatic heterocycles.